The highest BCUT2D eigenvalue weighted by Gasteiger charge is 2.24. The molecule has 49 heavy (non-hydrogen) atoms. The summed E-state index contributed by atoms with van der Waals surface area (Å²) >= 11 is 0. The van der Waals surface area contributed by atoms with E-state index in [4.69, 9.17) is 51.6 Å². The quantitative estimate of drug-likeness (QED) is 0.0800. The molecule has 0 aliphatic carbocycles. The molecule has 2 aromatic carbocycles. The van der Waals surface area contributed by atoms with Crippen molar-refractivity contribution in [3.05, 3.63) is 47.5 Å². The van der Waals surface area contributed by atoms with Crippen LogP contribution in [0.3, 0.4) is 0 Å². The summed E-state index contributed by atoms with van der Waals surface area (Å²) in [6, 6.07) is 9.26. The summed E-state index contributed by atoms with van der Waals surface area (Å²) < 4.78 is 58.9. The second kappa shape index (κ2) is 32.6. The van der Waals surface area contributed by atoms with Crippen LogP contribution in [0.4, 0.5) is 0 Å². The fraction of sp³-hybridized carbons (Fsp3) is 0.514. The van der Waals surface area contributed by atoms with Crippen LogP contribution in [0, 0.1) is 0 Å². The summed E-state index contributed by atoms with van der Waals surface area (Å²) in [6.45, 7) is 16.1. The van der Waals surface area contributed by atoms with E-state index in [9.17, 15) is 9.36 Å². The molecule has 0 fully saturated rings. The highest BCUT2D eigenvalue weighted by atomic mass is 31.2. The van der Waals surface area contributed by atoms with Crippen molar-refractivity contribution in [3.63, 3.8) is 0 Å². The molecule has 2 aromatic rings. The summed E-state index contributed by atoms with van der Waals surface area (Å²) in [6.07, 6.45) is 5.83. The fourth-order valence-corrected chi connectivity index (χ4v) is 4.80. The van der Waals surface area contributed by atoms with Crippen LogP contribution in [0.1, 0.15) is 65.5 Å². The molecule has 0 aliphatic rings. The Morgan fingerprint density at radius 1 is 0.735 bits per heavy atom. The molecule has 0 heterocycles. The van der Waals surface area contributed by atoms with Gasteiger partial charge in [0.1, 0.15) is 30.8 Å². The van der Waals surface area contributed by atoms with Crippen LogP contribution >= 0.6 is 7.82 Å². The van der Waals surface area contributed by atoms with Crippen molar-refractivity contribution in [2.24, 2.45) is 0 Å². The maximum atomic E-state index is 12.1. The number of hydrogen-bond donors (Lipinski definition) is 0. The van der Waals surface area contributed by atoms with E-state index >= 15 is 0 Å². The van der Waals surface area contributed by atoms with Gasteiger partial charge in [-0.05, 0) is 57.7 Å². The van der Waals surface area contributed by atoms with E-state index in [0.29, 0.717) is 24.3 Å². The number of hydrogen-bond acceptors (Lipinski definition) is 13. The molecule has 0 spiro atoms. The number of phosphoric ester groups is 1. The van der Waals surface area contributed by atoms with Gasteiger partial charge >= 0.3 is 13.8 Å². The lowest BCUT2D eigenvalue weighted by atomic mass is 10.1. The average Bonchev–Trinajstić information content (AvgIpc) is 3.15. The molecule has 0 saturated heterocycles. The highest BCUT2D eigenvalue weighted by molar-refractivity contribution is 7.48. The maximum Gasteiger partial charge on any atom is 0.474 e. The minimum atomic E-state index is -3.49. The van der Waals surface area contributed by atoms with Gasteiger partial charge in [0.15, 0.2) is 18.1 Å². The normalized spacial score (nSPS) is 9.92. The lowest BCUT2D eigenvalue weighted by Gasteiger charge is -2.16. The molecule has 14 heteroatoms. The average molecular weight is 717 g/mol. The van der Waals surface area contributed by atoms with E-state index in [1.54, 1.807) is 42.3 Å². The molecule has 0 saturated carbocycles. The van der Waals surface area contributed by atoms with E-state index < -0.39 is 13.8 Å². The number of benzene rings is 2. The first-order valence-electron chi connectivity index (χ1n) is 15.7. The van der Waals surface area contributed by atoms with E-state index in [2.05, 4.69) is 0 Å². The second-order valence-electron chi connectivity index (χ2n) is 8.62. The van der Waals surface area contributed by atoms with Crippen LogP contribution in [-0.2, 0) is 43.7 Å². The van der Waals surface area contributed by atoms with Crippen molar-refractivity contribution < 1.29 is 60.9 Å². The van der Waals surface area contributed by atoms with Gasteiger partial charge in [-0.15, -0.1) is 0 Å². The predicted molar refractivity (Wildman–Crippen MR) is 191 cm³/mol. The Balaban J connectivity index is -0.000000846. The number of ether oxygens (including phenoxy) is 6. The number of phosphoric acid groups is 1. The summed E-state index contributed by atoms with van der Waals surface area (Å²) in [7, 11) is 2.93. The van der Waals surface area contributed by atoms with Gasteiger partial charge in [0.25, 0.3) is 0 Å². The summed E-state index contributed by atoms with van der Waals surface area (Å²) in [5.41, 5.74) is 2.00. The number of allylic oxidation sites excluding steroid dienone is 1. The Bertz CT molecular complexity index is 1170. The molecular weight excluding hydrogens is 659 g/mol. The van der Waals surface area contributed by atoms with Gasteiger partial charge < -0.3 is 38.0 Å². The zero-order chi connectivity index (χ0) is 38.1. The lowest BCUT2D eigenvalue weighted by Crippen LogP contribution is -2.16. The molecule has 0 aromatic heterocycles. The monoisotopic (exact) mass is 716 g/mol. The van der Waals surface area contributed by atoms with E-state index in [1.807, 2.05) is 83.8 Å². The molecule has 2 rings (SSSR count). The van der Waals surface area contributed by atoms with Gasteiger partial charge in [-0.1, -0.05) is 39.0 Å². The number of methoxy groups -OCH3 is 4. The first kappa shape index (κ1) is 49.5. The number of esters is 1. The number of unbranched alkanes of at least 4 members (excludes halogenated alkanes) is 1. The van der Waals surface area contributed by atoms with Crippen LogP contribution in [-0.4, -0.2) is 81.0 Å². The van der Waals surface area contributed by atoms with Gasteiger partial charge in [0.2, 0.25) is 0 Å². The SMILES string of the molecule is C/C=C/c1c(OC)cc(OC)cc1OC.C=O.C=O.CC.CCOP(=O)(OCC)OCCCCOC(=O)COc1cc(CC)ccc1OC. The van der Waals surface area contributed by atoms with Crippen LogP contribution in [0.15, 0.2) is 36.4 Å². The molecule has 0 atom stereocenters. The van der Waals surface area contributed by atoms with Gasteiger partial charge in [0, 0.05) is 12.1 Å². The molecule has 0 aliphatic heterocycles. The van der Waals surface area contributed by atoms with Crippen molar-refractivity contribution in [3.8, 4) is 28.7 Å². The Morgan fingerprint density at radius 3 is 1.71 bits per heavy atom. The first-order chi connectivity index (χ1) is 23.7. The molecule has 13 nitrogen and oxygen atoms in total. The Kier molecular flexibility index (Phi) is 33.0. The van der Waals surface area contributed by atoms with Crippen molar-refractivity contribution >= 4 is 33.4 Å². The molecule has 0 unspecified atom stereocenters. The molecule has 280 valence electrons. The number of carbonyl (C=O) groups excluding carboxylic acids is 3. The summed E-state index contributed by atoms with van der Waals surface area (Å²) in [4.78, 5) is 27.8. The van der Waals surface area contributed by atoms with Gasteiger partial charge in [-0.25, -0.2) is 9.36 Å². The summed E-state index contributed by atoms with van der Waals surface area (Å²) in [5.74, 6) is 2.80. The molecule has 0 amide bonds. The minimum absolute atomic E-state index is 0.187. The van der Waals surface area contributed by atoms with Crippen molar-refractivity contribution in [2.45, 2.75) is 60.8 Å². The Labute approximate surface area is 292 Å². The molecular formula is C35H57O13P. The molecule has 0 radical (unpaired) electrons. The maximum absolute atomic E-state index is 12.1. The number of rotatable bonds is 19. The third-order valence-electron chi connectivity index (χ3n) is 5.69. The Morgan fingerprint density at radius 2 is 1.27 bits per heavy atom. The number of carbonyl (C=O) groups is 3. The van der Waals surface area contributed by atoms with Gasteiger partial charge in [-0.3, -0.25) is 13.6 Å². The predicted octanol–water partition coefficient (Wildman–Crippen LogP) is 7.56. The van der Waals surface area contributed by atoms with Crippen LogP contribution in [0.5, 0.6) is 28.7 Å². The van der Waals surface area contributed by atoms with E-state index in [1.165, 1.54) is 0 Å². The third-order valence-corrected chi connectivity index (χ3v) is 7.34. The number of aryl methyl sites for hydroxylation is 1. The van der Waals surface area contributed by atoms with E-state index in [-0.39, 0.29) is 33.0 Å². The smallest absolute Gasteiger partial charge is 0.474 e. The van der Waals surface area contributed by atoms with Gasteiger partial charge in [-0.2, -0.15) is 0 Å². The highest BCUT2D eigenvalue weighted by Crippen LogP contribution is 2.49. The zero-order valence-corrected chi connectivity index (χ0v) is 31.8. The summed E-state index contributed by atoms with van der Waals surface area (Å²) in [5, 5.41) is 0. The third kappa shape index (κ3) is 20.9. The van der Waals surface area contributed by atoms with E-state index in [0.717, 1.165) is 34.8 Å². The van der Waals surface area contributed by atoms with Crippen LogP contribution < -0.4 is 23.7 Å². The minimum Gasteiger partial charge on any atom is -0.496 e. The zero-order valence-electron chi connectivity index (χ0n) is 30.9. The standard InChI is InChI=1S/C19H31O8P.C12H16O3.C2H6.2CH2O/c1-5-16-10-11-17(22-4)18(14-16)24-15-19(20)23-12-8-9-13-27-28(21,25-6-2)26-7-3;1-5-6-10-11(14-3)7-9(13-2)8-12(10)15-4;3*1-2/h10-11,14H,5-9,12-13,15H2,1-4H3;5-8H,1-4H3;1-2H3;2*1H2/b;6-5+;;;. The fourth-order valence-electron chi connectivity index (χ4n) is 3.59. The van der Waals surface area contributed by atoms with Crippen molar-refractivity contribution in [1.29, 1.82) is 0 Å². The largest absolute Gasteiger partial charge is 0.496 e. The van der Waals surface area contributed by atoms with Crippen LogP contribution in [0.2, 0.25) is 0 Å². The topological polar surface area (TPSA) is 151 Å². The van der Waals surface area contributed by atoms with Crippen molar-refractivity contribution in [1.82, 2.24) is 0 Å². The first-order valence-corrected chi connectivity index (χ1v) is 17.2. The molecule has 0 N–H and O–H groups in total. The van der Waals surface area contributed by atoms with Crippen LogP contribution in [0.25, 0.3) is 6.08 Å². The van der Waals surface area contributed by atoms with Gasteiger partial charge in [0.05, 0.1) is 60.4 Å². The molecule has 0 bridgehead atoms. The van der Waals surface area contributed by atoms with Crippen molar-refractivity contribution in [2.75, 3.05) is 61.5 Å². The second-order valence-corrected chi connectivity index (χ2v) is 10.3. The Hall–Kier alpha value is -3.90. The lowest BCUT2D eigenvalue weighted by molar-refractivity contribution is -0.146.